The zero-order valence-electron chi connectivity index (χ0n) is 15.5. The summed E-state index contributed by atoms with van der Waals surface area (Å²) in [5, 5.41) is 0. The van der Waals surface area contributed by atoms with Crippen LogP contribution >= 0.6 is 0 Å². The Balaban J connectivity index is 1.41. The third-order valence-electron chi connectivity index (χ3n) is 3.95. The highest BCUT2D eigenvalue weighted by Gasteiger charge is 2.04. The van der Waals surface area contributed by atoms with Gasteiger partial charge in [0.15, 0.2) is 6.61 Å². The first-order valence-corrected chi connectivity index (χ1v) is 8.91. The predicted molar refractivity (Wildman–Crippen MR) is 109 cm³/mol. The lowest BCUT2D eigenvalue weighted by molar-refractivity contribution is -0.128. The Morgan fingerprint density at radius 2 is 1.48 bits per heavy atom. The molecular formula is C23H19FN2O3. The van der Waals surface area contributed by atoms with E-state index < -0.39 is 11.8 Å². The lowest BCUT2D eigenvalue weighted by Gasteiger charge is -2.08. The Morgan fingerprint density at radius 3 is 2.17 bits per heavy atom. The molecule has 0 spiro atoms. The van der Waals surface area contributed by atoms with Crippen molar-refractivity contribution < 1.29 is 18.7 Å². The summed E-state index contributed by atoms with van der Waals surface area (Å²) in [5.74, 6) is -0.827. The average Bonchev–Trinajstić information content (AvgIpc) is 2.77. The molecule has 0 bridgehead atoms. The molecule has 3 aromatic carbocycles. The highest BCUT2D eigenvalue weighted by Crippen LogP contribution is 2.21. The fraction of sp³-hybridized carbons (Fsp3) is 0.0435. The van der Waals surface area contributed by atoms with Crippen LogP contribution in [0.5, 0.6) is 5.75 Å². The number of hydrazine groups is 1. The van der Waals surface area contributed by atoms with E-state index in [1.807, 2.05) is 42.5 Å². The maximum atomic E-state index is 12.8. The van der Waals surface area contributed by atoms with Crippen LogP contribution in [0.25, 0.3) is 17.2 Å². The van der Waals surface area contributed by atoms with Gasteiger partial charge in [0.25, 0.3) is 11.8 Å². The van der Waals surface area contributed by atoms with Crippen LogP contribution in [0.2, 0.25) is 0 Å². The summed E-state index contributed by atoms with van der Waals surface area (Å²) in [6, 6.07) is 22.9. The van der Waals surface area contributed by atoms with E-state index >= 15 is 0 Å². The van der Waals surface area contributed by atoms with E-state index in [4.69, 9.17) is 4.74 Å². The van der Waals surface area contributed by atoms with Crippen LogP contribution in [0.1, 0.15) is 5.56 Å². The molecule has 0 aliphatic heterocycles. The second-order valence-corrected chi connectivity index (χ2v) is 6.10. The summed E-state index contributed by atoms with van der Waals surface area (Å²) in [6.45, 7) is -0.243. The first-order chi connectivity index (χ1) is 14.1. The SMILES string of the molecule is O=C(/C=C/c1ccc(F)cc1)NNC(=O)COc1ccc(-c2ccccc2)cc1. The van der Waals surface area contributed by atoms with Crippen LogP contribution in [0.3, 0.4) is 0 Å². The summed E-state index contributed by atoms with van der Waals surface area (Å²) >= 11 is 0. The van der Waals surface area contributed by atoms with E-state index in [9.17, 15) is 14.0 Å². The number of nitrogens with one attached hydrogen (secondary N) is 2. The smallest absolute Gasteiger partial charge is 0.276 e. The Morgan fingerprint density at radius 1 is 0.828 bits per heavy atom. The highest BCUT2D eigenvalue weighted by atomic mass is 19.1. The second kappa shape index (κ2) is 9.85. The minimum Gasteiger partial charge on any atom is -0.484 e. The van der Waals surface area contributed by atoms with Crippen molar-refractivity contribution in [3.05, 3.63) is 96.3 Å². The molecule has 0 aromatic heterocycles. The molecular weight excluding hydrogens is 371 g/mol. The summed E-state index contributed by atoms with van der Waals surface area (Å²) < 4.78 is 18.2. The molecule has 0 heterocycles. The average molecular weight is 390 g/mol. The number of carbonyl (C=O) groups is 2. The van der Waals surface area contributed by atoms with Gasteiger partial charge in [0.2, 0.25) is 0 Å². The summed E-state index contributed by atoms with van der Waals surface area (Å²) in [7, 11) is 0. The number of amides is 2. The normalized spacial score (nSPS) is 10.5. The van der Waals surface area contributed by atoms with Gasteiger partial charge >= 0.3 is 0 Å². The van der Waals surface area contributed by atoms with E-state index in [0.717, 1.165) is 11.1 Å². The number of benzene rings is 3. The Labute approximate surface area is 167 Å². The molecule has 0 unspecified atom stereocenters. The number of hydrogen-bond donors (Lipinski definition) is 2. The summed E-state index contributed by atoms with van der Waals surface area (Å²) in [5.41, 5.74) is 7.31. The molecule has 0 radical (unpaired) electrons. The van der Waals surface area contributed by atoms with Crippen LogP contribution in [0.15, 0.2) is 84.9 Å². The van der Waals surface area contributed by atoms with Gasteiger partial charge in [-0.3, -0.25) is 20.4 Å². The quantitative estimate of drug-likeness (QED) is 0.498. The number of ether oxygens (including phenoxy) is 1. The largest absolute Gasteiger partial charge is 0.484 e. The molecule has 0 aliphatic carbocycles. The van der Waals surface area contributed by atoms with Crippen molar-refractivity contribution in [3.8, 4) is 16.9 Å². The van der Waals surface area contributed by atoms with Gasteiger partial charge in [0.1, 0.15) is 11.6 Å². The molecule has 146 valence electrons. The van der Waals surface area contributed by atoms with Crippen LogP contribution in [0.4, 0.5) is 4.39 Å². The molecule has 29 heavy (non-hydrogen) atoms. The molecule has 0 fully saturated rings. The molecule has 6 heteroatoms. The third-order valence-corrected chi connectivity index (χ3v) is 3.95. The molecule has 0 atom stereocenters. The van der Waals surface area contributed by atoms with Gasteiger partial charge < -0.3 is 4.74 Å². The lowest BCUT2D eigenvalue weighted by atomic mass is 10.1. The van der Waals surface area contributed by atoms with Gasteiger partial charge in [-0.15, -0.1) is 0 Å². The summed E-state index contributed by atoms with van der Waals surface area (Å²) in [6.07, 6.45) is 2.74. The predicted octanol–water partition coefficient (Wildman–Crippen LogP) is 3.73. The highest BCUT2D eigenvalue weighted by molar-refractivity contribution is 5.93. The Hall–Kier alpha value is -3.93. The fourth-order valence-corrected chi connectivity index (χ4v) is 2.48. The minimum absolute atomic E-state index is 0.243. The molecule has 5 nitrogen and oxygen atoms in total. The maximum absolute atomic E-state index is 12.8. The number of carbonyl (C=O) groups excluding carboxylic acids is 2. The van der Waals surface area contributed by atoms with Gasteiger partial charge in [0.05, 0.1) is 0 Å². The van der Waals surface area contributed by atoms with E-state index in [2.05, 4.69) is 10.9 Å². The van der Waals surface area contributed by atoms with Crippen molar-refractivity contribution in [3.63, 3.8) is 0 Å². The van der Waals surface area contributed by atoms with Crippen molar-refractivity contribution >= 4 is 17.9 Å². The number of rotatable bonds is 6. The van der Waals surface area contributed by atoms with Crippen molar-refractivity contribution in [2.75, 3.05) is 6.61 Å². The van der Waals surface area contributed by atoms with Crippen molar-refractivity contribution in [2.24, 2.45) is 0 Å². The Kier molecular flexibility index (Phi) is 6.73. The van der Waals surface area contributed by atoms with Gasteiger partial charge in [0, 0.05) is 6.08 Å². The summed E-state index contributed by atoms with van der Waals surface area (Å²) in [4.78, 5) is 23.5. The topological polar surface area (TPSA) is 67.4 Å². The van der Waals surface area contributed by atoms with E-state index in [1.54, 1.807) is 12.1 Å². The zero-order valence-corrected chi connectivity index (χ0v) is 15.5. The van der Waals surface area contributed by atoms with Crippen LogP contribution in [-0.4, -0.2) is 18.4 Å². The zero-order chi connectivity index (χ0) is 20.5. The molecule has 3 aromatic rings. The van der Waals surface area contributed by atoms with Gasteiger partial charge in [-0.25, -0.2) is 4.39 Å². The molecule has 2 amide bonds. The van der Waals surface area contributed by atoms with Crippen molar-refractivity contribution in [1.82, 2.24) is 10.9 Å². The molecule has 0 saturated heterocycles. The monoisotopic (exact) mass is 390 g/mol. The second-order valence-electron chi connectivity index (χ2n) is 6.10. The van der Waals surface area contributed by atoms with Crippen LogP contribution in [-0.2, 0) is 9.59 Å². The lowest BCUT2D eigenvalue weighted by Crippen LogP contribution is -2.43. The minimum atomic E-state index is -0.519. The standard InChI is InChI=1S/C23H19FN2O3/c24-20-11-6-17(7-12-20)8-15-22(27)25-26-23(28)16-29-21-13-9-19(10-14-21)18-4-2-1-3-5-18/h1-15H,16H2,(H,25,27)(H,26,28)/b15-8+. The van der Waals surface area contributed by atoms with Crippen LogP contribution in [0, 0.1) is 5.82 Å². The maximum Gasteiger partial charge on any atom is 0.276 e. The van der Waals surface area contributed by atoms with E-state index in [0.29, 0.717) is 11.3 Å². The molecule has 0 saturated carbocycles. The van der Waals surface area contributed by atoms with Gasteiger partial charge in [-0.2, -0.15) is 0 Å². The first-order valence-electron chi connectivity index (χ1n) is 8.91. The van der Waals surface area contributed by atoms with E-state index in [-0.39, 0.29) is 12.4 Å². The van der Waals surface area contributed by atoms with Crippen molar-refractivity contribution in [2.45, 2.75) is 0 Å². The molecule has 2 N–H and O–H groups in total. The van der Waals surface area contributed by atoms with Gasteiger partial charge in [-0.05, 0) is 47.0 Å². The van der Waals surface area contributed by atoms with Gasteiger partial charge in [-0.1, -0.05) is 54.6 Å². The fourth-order valence-electron chi connectivity index (χ4n) is 2.48. The number of hydrogen-bond acceptors (Lipinski definition) is 3. The first kappa shape index (κ1) is 19.8. The number of halogens is 1. The molecule has 0 aliphatic rings. The Bertz CT molecular complexity index is 985. The molecule has 3 rings (SSSR count). The van der Waals surface area contributed by atoms with Crippen LogP contribution < -0.4 is 15.6 Å². The van der Waals surface area contributed by atoms with E-state index in [1.165, 1.54) is 36.4 Å². The van der Waals surface area contributed by atoms with Crippen molar-refractivity contribution in [1.29, 1.82) is 0 Å². The third kappa shape index (κ3) is 6.32.